The van der Waals surface area contributed by atoms with Crippen LogP contribution in [0.2, 0.25) is 0 Å². The molecule has 0 saturated carbocycles. The summed E-state index contributed by atoms with van der Waals surface area (Å²) in [6.07, 6.45) is 0. The summed E-state index contributed by atoms with van der Waals surface area (Å²) in [5.41, 5.74) is 6.09. The number of nitrogens with two attached hydrogens (primary N) is 1. The Morgan fingerprint density at radius 3 is 2.83 bits per heavy atom. The maximum absolute atomic E-state index is 13.2. The number of rotatable bonds is 3. The molecule has 0 amide bonds. The third kappa shape index (κ3) is 2.31. The molecule has 0 aliphatic carbocycles. The lowest BCUT2D eigenvalue weighted by molar-refractivity contribution is -0.138. The summed E-state index contributed by atoms with van der Waals surface area (Å²) in [4.78, 5) is 14.7. The van der Waals surface area contributed by atoms with Crippen LogP contribution in [-0.4, -0.2) is 21.2 Å². The van der Waals surface area contributed by atoms with Gasteiger partial charge in [0, 0.05) is 10.9 Å². The number of carbonyl (C=O) groups is 1. The molecular formula is C11H9FN2O3S. The van der Waals surface area contributed by atoms with Crippen LogP contribution in [0, 0.1) is 5.82 Å². The average Bonchev–Trinajstić information content (AvgIpc) is 2.81. The van der Waals surface area contributed by atoms with E-state index in [1.165, 1.54) is 17.5 Å². The van der Waals surface area contributed by atoms with Gasteiger partial charge in [0.2, 0.25) is 0 Å². The molecule has 0 bridgehead atoms. The Balaban J connectivity index is 2.35. The number of hydrogen-bond donors (Lipinski definition) is 3. The SMILES string of the molecule is NC(C(=O)O)c1csc(-c2ccc(O)c(F)c2)n1. The Labute approximate surface area is 105 Å². The molecular weight excluding hydrogens is 259 g/mol. The Kier molecular flexibility index (Phi) is 3.26. The molecule has 18 heavy (non-hydrogen) atoms. The van der Waals surface area contributed by atoms with Gasteiger partial charge in [0.25, 0.3) is 0 Å². The van der Waals surface area contributed by atoms with Crippen molar-refractivity contribution in [2.75, 3.05) is 0 Å². The zero-order chi connectivity index (χ0) is 13.3. The molecule has 1 atom stereocenters. The van der Waals surface area contributed by atoms with Crippen molar-refractivity contribution in [3.8, 4) is 16.3 Å². The summed E-state index contributed by atoms with van der Waals surface area (Å²) < 4.78 is 13.2. The monoisotopic (exact) mass is 268 g/mol. The van der Waals surface area contributed by atoms with E-state index >= 15 is 0 Å². The van der Waals surface area contributed by atoms with Crippen LogP contribution in [0.3, 0.4) is 0 Å². The fourth-order valence-corrected chi connectivity index (χ4v) is 2.18. The van der Waals surface area contributed by atoms with Crippen LogP contribution < -0.4 is 5.73 Å². The van der Waals surface area contributed by atoms with Gasteiger partial charge in [-0.05, 0) is 18.2 Å². The Bertz CT molecular complexity index is 600. The zero-order valence-electron chi connectivity index (χ0n) is 9.00. The first kappa shape index (κ1) is 12.5. The van der Waals surface area contributed by atoms with Gasteiger partial charge in [-0.3, -0.25) is 4.79 Å². The molecule has 2 rings (SSSR count). The normalized spacial score (nSPS) is 12.3. The van der Waals surface area contributed by atoms with E-state index in [9.17, 15) is 9.18 Å². The van der Waals surface area contributed by atoms with Crippen LogP contribution >= 0.6 is 11.3 Å². The van der Waals surface area contributed by atoms with Crippen LogP contribution in [0.4, 0.5) is 4.39 Å². The number of carboxylic acids is 1. The molecule has 4 N–H and O–H groups in total. The van der Waals surface area contributed by atoms with E-state index < -0.39 is 23.6 Å². The lowest BCUT2D eigenvalue weighted by Crippen LogP contribution is -2.20. The van der Waals surface area contributed by atoms with Crippen LogP contribution in [0.15, 0.2) is 23.6 Å². The lowest BCUT2D eigenvalue weighted by Gasteiger charge is -2.01. The second-order valence-electron chi connectivity index (χ2n) is 3.56. The standard InChI is InChI=1S/C11H9FN2O3S/c12-6-3-5(1-2-8(6)15)10-14-7(4-18-10)9(13)11(16)17/h1-4,9,15H,13H2,(H,16,17). The molecule has 1 unspecified atom stereocenters. The molecule has 0 fully saturated rings. The summed E-state index contributed by atoms with van der Waals surface area (Å²) in [5, 5.41) is 19.8. The van der Waals surface area contributed by atoms with Crippen molar-refractivity contribution in [3.63, 3.8) is 0 Å². The quantitative estimate of drug-likeness (QED) is 0.787. The van der Waals surface area contributed by atoms with Gasteiger partial charge in [0.1, 0.15) is 11.0 Å². The highest BCUT2D eigenvalue weighted by atomic mass is 32.1. The van der Waals surface area contributed by atoms with Crippen molar-refractivity contribution < 1.29 is 19.4 Å². The average molecular weight is 268 g/mol. The highest BCUT2D eigenvalue weighted by molar-refractivity contribution is 7.13. The van der Waals surface area contributed by atoms with Gasteiger partial charge < -0.3 is 15.9 Å². The predicted molar refractivity (Wildman–Crippen MR) is 63.7 cm³/mol. The maximum Gasteiger partial charge on any atom is 0.326 e. The smallest absolute Gasteiger partial charge is 0.326 e. The first-order valence-electron chi connectivity index (χ1n) is 4.91. The number of phenols is 1. The zero-order valence-corrected chi connectivity index (χ0v) is 9.82. The third-order valence-electron chi connectivity index (χ3n) is 2.30. The third-order valence-corrected chi connectivity index (χ3v) is 3.21. The molecule has 2 aromatic rings. The van der Waals surface area contributed by atoms with Crippen LogP contribution in [0.25, 0.3) is 10.6 Å². The van der Waals surface area contributed by atoms with Crippen molar-refractivity contribution in [3.05, 3.63) is 35.1 Å². The Morgan fingerprint density at radius 2 is 2.22 bits per heavy atom. The number of phenolic OH excluding ortho intramolecular Hbond substituents is 1. The van der Waals surface area contributed by atoms with Gasteiger partial charge in [0.05, 0.1) is 5.69 Å². The van der Waals surface area contributed by atoms with Crippen molar-refractivity contribution in [2.45, 2.75) is 6.04 Å². The number of carboxylic acid groups (broad SMARTS) is 1. The van der Waals surface area contributed by atoms with E-state index in [2.05, 4.69) is 4.98 Å². The first-order valence-corrected chi connectivity index (χ1v) is 5.79. The van der Waals surface area contributed by atoms with E-state index in [0.717, 1.165) is 17.4 Å². The first-order chi connectivity index (χ1) is 8.49. The highest BCUT2D eigenvalue weighted by Gasteiger charge is 2.18. The molecule has 0 saturated heterocycles. The van der Waals surface area contributed by atoms with Crippen LogP contribution in [-0.2, 0) is 4.79 Å². The largest absolute Gasteiger partial charge is 0.505 e. The van der Waals surface area contributed by atoms with Crippen molar-refractivity contribution in [1.29, 1.82) is 0 Å². The predicted octanol–water partition coefficient (Wildman–Crippen LogP) is 1.74. The van der Waals surface area contributed by atoms with Gasteiger partial charge in [-0.1, -0.05) is 0 Å². The van der Waals surface area contributed by atoms with Gasteiger partial charge in [-0.25, -0.2) is 9.37 Å². The van der Waals surface area contributed by atoms with E-state index in [1.807, 2.05) is 0 Å². The number of thiazole rings is 1. The molecule has 0 radical (unpaired) electrons. The van der Waals surface area contributed by atoms with Crippen molar-refractivity contribution in [1.82, 2.24) is 4.98 Å². The van der Waals surface area contributed by atoms with Gasteiger partial charge in [0.15, 0.2) is 11.6 Å². The molecule has 0 aliphatic rings. The molecule has 1 heterocycles. The fraction of sp³-hybridized carbons (Fsp3) is 0.0909. The maximum atomic E-state index is 13.2. The Hall–Kier alpha value is -1.99. The Morgan fingerprint density at radius 1 is 1.50 bits per heavy atom. The van der Waals surface area contributed by atoms with E-state index in [-0.39, 0.29) is 5.69 Å². The molecule has 1 aromatic heterocycles. The topological polar surface area (TPSA) is 96.4 Å². The molecule has 1 aromatic carbocycles. The van der Waals surface area contributed by atoms with Gasteiger partial charge >= 0.3 is 5.97 Å². The minimum absolute atomic E-state index is 0.219. The summed E-state index contributed by atoms with van der Waals surface area (Å²) in [5.74, 6) is -2.38. The fourth-order valence-electron chi connectivity index (χ4n) is 1.33. The molecule has 7 heteroatoms. The van der Waals surface area contributed by atoms with E-state index in [1.54, 1.807) is 0 Å². The second kappa shape index (κ2) is 4.71. The summed E-state index contributed by atoms with van der Waals surface area (Å²) >= 11 is 1.16. The minimum atomic E-state index is -1.20. The second-order valence-corrected chi connectivity index (χ2v) is 4.42. The van der Waals surface area contributed by atoms with Gasteiger partial charge in [-0.15, -0.1) is 11.3 Å². The number of halogens is 1. The number of hydrogen-bond acceptors (Lipinski definition) is 5. The van der Waals surface area contributed by atoms with Crippen molar-refractivity contribution >= 4 is 17.3 Å². The van der Waals surface area contributed by atoms with Crippen molar-refractivity contribution in [2.24, 2.45) is 5.73 Å². The molecule has 0 aliphatic heterocycles. The van der Waals surface area contributed by atoms with Crippen LogP contribution in [0.1, 0.15) is 11.7 Å². The summed E-state index contributed by atoms with van der Waals surface area (Å²) in [7, 11) is 0. The summed E-state index contributed by atoms with van der Waals surface area (Å²) in [6.45, 7) is 0. The highest BCUT2D eigenvalue weighted by Crippen LogP contribution is 2.28. The number of nitrogens with zero attached hydrogens (tertiary/aromatic N) is 1. The molecule has 5 nitrogen and oxygen atoms in total. The lowest BCUT2D eigenvalue weighted by atomic mass is 10.2. The van der Waals surface area contributed by atoms with Crippen LogP contribution in [0.5, 0.6) is 5.75 Å². The molecule has 0 spiro atoms. The number of aromatic hydroxyl groups is 1. The number of aliphatic carboxylic acids is 1. The van der Waals surface area contributed by atoms with E-state index in [4.69, 9.17) is 15.9 Å². The number of benzene rings is 1. The molecule has 94 valence electrons. The minimum Gasteiger partial charge on any atom is -0.505 e. The number of aromatic nitrogens is 1. The van der Waals surface area contributed by atoms with E-state index in [0.29, 0.717) is 10.6 Å². The summed E-state index contributed by atoms with van der Waals surface area (Å²) in [6, 6.07) is 2.64. The van der Waals surface area contributed by atoms with Gasteiger partial charge in [-0.2, -0.15) is 0 Å².